The van der Waals surface area contributed by atoms with Crippen molar-refractivity contribution >= 4 is 23.9 Å². The maximum atomic E-state index is 12.5. The standard InChI is InChI=1S/C33H43N5O6/c1-7-20-18(5)31(43)36-27(20)15-33-19(6)23(10-12-30(41)42)28(38(33)37-33)14-26-22(9-11-29(39)40)17(4)24(34-26)13-25-16(3)21(8-2)32(44)35-25/h8,14-16,18,20,25,34-35,37,44H,2,7,9-13H2,1,3-6H3,(H,36,43)(H,39,40)(H,41,42)/b27-15-,28-14-/t16?,18-,20-,25-,33-,38?/m1/s1. The van der Waals surface area contributed by atoms with Crippen molar-refractivity contribution in [2.75, 3.05) is 0 Å². The number of carbonyl (C=O) groups excluding carboxylic acids is 1. The fourth-order valence-electron chi connectivity index (χ4n) is 7.13. The summed E-state index contributed by atoms with van der Waals surface area (Å²) in [5.74, 6) is -1.68. The number of carboxylic acids is 2. The van der Waals surface area contributed by atoms with Crippen molar-refractivity contribution in [3.05, 3.63) is 75.2 Å². The van der Waals surface area contributed by atoms with Gasteiger partial charge in [0, 0.05) is 65.7 Å². The molecule has 44 heavy (non-hydrogen) atoms. The molecule has 2 fully saturated rings. The molecule has 11 nitrogen and oxygen atoms in total. The fourth-order valence-corrected chi connectivity index (χ4v) is 7.13. The molecule has 0 radical (unpaired) electrons. The van der Waals surface area contributed by atoms with Crippen LogP contribution in [0.25, 0.3) is 6.08 Å². The zero-order valence-electron chi connectivity index (χ0n) is 26.0. The van der Waals surface area contributed by atoms with Gasteiger partial charge < -0.3 is 30.9 Å². The number of allylic oxidation sites excluding steroid dienone is 3. The van der Waals surface area contributed by atoms with Crippen molar-refractivity contribution < 1.29 is 29.7 Å². The van der Waals surface area contributed by atoms with Crippen molar-refractivity contribution in [1.82, 2.24) is 26.1 Å². The van der Waals surface area contributed by atoms with Gasteiger partial charge in [-0.1, -0.05) is 33.4 Å². The smallest absolute Gasteiger partial charge is 0.303 e. The van der Waals surface area contributed by atoms with Crippen LogP contribution in [0.4, 0.5) is 0 Å². The third-order valence-electron chi connectivity index (χ3n) is 9.96. The Morgan fingerprint density at radius 1 is 1.09 bits per heavy atom. The minimum absolute atomic E-state index is 0.000425. The van der Waals surface area contributed by atoms with E-state index in [4.69, 9.17) is 0 Å². The molecule has 0 aromatic carbocycles. The molecule has 1 unspecified atom stereocenters. The molecule has 1 amide bonds. The minimum Gasteiger partial charge on any atom is -0.495 e. The van der Waals surface area contributed by atoms with Crippen LogP contribution in [0.3, 0.4) is 0 Å². The average Bonchev–Trinajstić information content (AvgIpc) is 3.29. The number of hydrogen-bond acceptors (Lipinski definition) is 7. The molecule has 236 valence electrons. The predicted molar refractivity (Wildman–Crippen MR) is 166 cm³/mol. The van der Waals surface area contributed by atoms with Crippen molar-refractivity contribution in [3.8, 4) is 0 Å². The first kappa shape index (κ1) is 31.2. The van der Waals surface area contributed by atoms with E-state index in [1.165, 1.54) is 0 Å². The maximum absolute atomic E-state index is 12.5. The van der Waals surface area contributed by atoms with Crippen molar-refractivity contribution in [1.29, 1.82) is 0 Å². The van der Waals surface area contributed by atoms with E-state index < -0.39 is 17.6 Å². The number of fused-ring (bicyclic) bond motifs is 1. The largest absolute Gasteiger partial charge is 0.495 e. The van der Waals surface area contributed by atoms with Crippen LogP contribution in [0.2, 0.25) is 0 Å². The number of aliphatic hydroxyl groups excluding tert-OH is 1. The lowest BCUT2D eigenvalue weighted by atomic mass is 9.90. The molecule has 7 N–H and O–H groups in total. The number of carboxylic acid groups (broad SMARTS) is 2. The first-order valence-corrected chi connectivity index (χ1v) is 15.3. The zero-order valence-corrected chi connectivity index (χ0v) is 26.0. The van der Waals surface area contributed by atoms with Crippen LogP contribution in [-0.4, -0.2) is 54.9 Å². The molecule has 4 aliphatic heterocycles. The summed E-state index contributed by atoms with van der Waals surface area (Å²) in [5.41, 5.74) is 10.7. The van der Waals surface area contributed by atoms with Crippen LogP contribution in [0.15, 0.2) is 52.7 Å². The van der Waals surface area contributed by atoms with Crippen LogP contribution in [-0.2, 0) is 27.2 Å². The Labute approximate surface area is 257 Å². The molecule has 0 spiro atoms. The highest BCUT2D eigenvalue weighted by Crippen LogP contribution is 2.52. The average molecular weight is 606 g/mol. The number of hydrazine groups is 1. The van der Waals surface area contributed by atoms with Crippen molar-refractivity contribution in [3.63, 3.8) is 0 Å². The molecule has 5 rings (SSSR count). The third kappa shape index (κ3) is 5.34. The number of aliphatic hydroxyl groups is 1. The summed E-state index contributed by atoms with van der Waals surface area (Å²) >= 11 is 0. The summed E-state index contributed by atoms with van der Waals surface area (Å²) < 4.78 is 0. The van der Waals surface area contributed by atoms with E-state index in [9.17, 15) is 29.7 Å². The lowest BCUT2D eigenvalue weighted by Crippen LogP contribution is -2.30. The monoisotopic (exact) mass is 605 g/mol. The van der Waals surface area contributed by atoms with Gasteiger partial charge in [0.1, 0.15) is 0 Å². The Hall–Kier alpha value is -4.25. The highest BCUT2D eigenvalue weighted by molar-refractivity contribution is 5.84. The normalized spacial score (nSPS) is 29.5. The zero-order chi connectivity index (χ0) is 32.1. The number of aromatic nitrogens is 1. The van der Waals surface area contributed by atoms with Crippen LogP contribution in [0.1, 0.15) is 75.9 Å². The first-order valence-electron chi connectivity index (χ1n) is 15.3. The summed E-state index contributed by atoms with van der Waals surface area (Å²) in [6.07, 6.45) is 7.66. The molecule has 2 saturated heterocycles. The molecular formula is C33H43N5O6. The predicted octanol–water partition coefficient (Wildman–Crippen LogP) is 4.17. The Balaban J connectivity index is 1.54. The second kappa shape index (κ2) is 11.7. The Kier molecular flexibility index (Phi) is 8.28. The molecular weight excluding hydrogens is 562 g/mol. The van der Waals surface area contributed by atoms with E-state index >= 15 is 0 Å². The maximum Gasteiger partial charge on any atom is 0.303 e. The van der Waals surface area contributed by atoms with E-state index in [0.717, 1.165) is 57.0 Å². The molecule has 1 aromatic heterocycles. The molecule has 0 aliphatic carbocycles. The van der Waals surface area contributed by atoms with Gasteiger partial charge in [0.05, 0.1) is 5.70 Å². The van der Waals surface area contributed by atoms with Gasteiger partial charge in [-0.25, -0.2) is 0 Å². The third-order valence-corrected chi connectivity index (χ3v) is 9.96. The number of aliphatic carboxylic acids is 2. The van der Waals surface area contributed by atoms with Crippen molar-refractivity contribution in [2.24, 2.45) is 17.8 Å². The Bertz CT molecular complexity index is 1550. The highest BCUT2D eigenvalue weighted by Gasteiger charge is 2.60. The van der Waals surface area contributed by atoms with Gasteiger partial charge in [0.15, 0.2) is 11.5 Å². The molecule has 5 atom stereocenters. The molecule has 5 heterocycles. The van der Waals surface area contributed by atoms with E-state index in [1.54, 1.807) is 6.08 Å². The van der Waals surface area contributed by atoms with Gasteiger partial charge in [0.2, 0.25) is 5.91 Å². The number of nitrogens with zero attached hydrogens (tertiary/aromatic N) is 1. The van der Waals surface area contributed by atoms with Gasteiger partial charge in [-0.2, -0.15) is 5.43 Å². The van der Waals surface area contributed by atoms with E-state index in [-0.39, 0.29) is 48.4 Å². The number of amides is 1. The van der Waals surface area contributed by atoms with Crippen LogP contribution >= 0.6 is 0 Å². The fraction of sp³-hybridized carbons (Fsp3) is 0.485. The van der Waals surface area contributed by atoms with E-state index in [0.29, 0.717) is 19.3 Å². The van der Waals surface area contributed by atoms with Crippen LogP contribution in [0, 0.1) is 24.7 Å². The van der Waals surface area contributed by atoms with Crippen molar-refractivity contribution in [2.45, 2.75) is 84.8 Å². The molecule has 0 bridgehead atoms. The van der Waals surface area contributed by atoms with E-state index in [2.05, 4.69) is 40.6 Å². The molecule has 1 aromatic rings. The highest BCUT2D eigenvalue weighted by atomic mass is 16.4. The number of aromatic amines is 1. The summed E-state index contributed by atoms with van der Waals surface area (Å²) in [6, 6.07) is -0.0726. The second-order valence-electron chi connectivity index (χ2n) is 12.4. The molecule has 11 heteroatoms. The summed E-state index contributed by atoms with van der Waals surface area (Å²) in [5, 5.41) is 37.6. The lowest BCUT2D eigenvalue weighted by molar-refractivity contribution is -0.138. The van der Waals surface area contributed by atoms with Gasteiger partial charge in [-0.05, 0) is 67.5 Å². The van der Waals surface area contributed by atoms with E-state index in [1.807, 2.05) is 38.8 Å². The lowest BCUT2D eigenvalue weighted by Gasteiger charge is -2.17. The Morgan fingerprint density at radius 2 is 1.77 bits per heavy atom. The second-order valence-corrected chi connectivity index (χ2v) is 12.4. The quantitative estimate of drug-likeness (QED) is 0.172. The number of rotatable bonds is 12. The summed E-state index contributed by atoms with van der Waals surface area (Å²) in [4.78, 5) is 39.3. The summed E-state index contributed by atoms with van der Waals surface area (Å²) in [7, 11) is 0. The number of carbonyl (C=O) groups is 3. The number of nitrogens with one attached hydrogen (secondary N) is 4. The Morgan fingerprint density at radius 3 is 2.39 bits per heavy atom. The van der Waals surface area contributed by atoms with Gasteiger partial charge in [-0.3, -0.25) is 19.4 Å². The minimum atomic E-state index is -0.892. The number of hydrogen-bond donors (Lipinski definition) is 7. The first-order chi connectivity index (χ1) is 20.8. The molecule has 4 aliphatic rings. The molecule has 0 saturated carbocycles. The van der Waals surface area contributed by atoms with Gasteiger partial charge in [0.25, 0.3) is 0 Å². The van der Waals surface area contributed by atoms with Gasteiger partial charge in [-0.15, -0.1) is 0 Å². The van der Waals surface area contributed by atoms with Gasteiger partial charge >= 0.3 is 11.9 Å². The number of H-pyrrole nitrogens is 1. The van der Waals surface area contributed by atoms with Crippen LogP contribution < -0.4 is 16.1 Å². The topological polar surface area (TPSA) is 177 Å². The summed E-state index contributed by atoms with van der Waals surface area (Å²) in [6.45, 7) is 13.8. The van der Waals surface area contributed by atoms with Crippen LogP contribution in [0.5, 0.6) is 0 Å². The SMILES string of the molecule is C=CC1=C(O)N[C@H](Cc2[nH]c(/C=C3/C(CCC(=O)O)=C(C)[C@]4(/C=C5\NC(=O)[C@H](C)[C@H]5CC)NN34)c(CCC(=O)O)c2C)C1C.